The fraction of sp³-hybridized carbons (Fsp3) is 0.364. The number of hydrogen-bond acceptors (Lipinski definition) is 7. The standard InChI is InChI=1S/C33H40N4O7/c1-4-43-28(38)16-15-26(20-25-17-18-34-30(25)39)35-31(40)27(19-23-11-7-5-8-12-23)36-32(41)29(22(2)3)37-33(42)44-21-24-13-9-6-10-14-24/h5-16,25-27,29H,2,4,17-21H2,1,3H3,(H,34,39)(H,35,40)(H,36,41)(H,37,42)/b16-15+/t25-,26+,27-,29-/m0/s1. The van der Waals surface area contributed by atoms with Crippen molar-refractivity contribution in [3.63, 3.8) is 0 Å². The molecule has 4 amide bonds. The summed E-state index contributed by atoms with van der Waals surface area (Å²) in [6.45, 7) is 7.82. The van der Waals surface area contributed by atoms with Crippen molar-refractivity contribution >= 4 is 29.8 Å². The maximum atomic E-state index is 13.7. The van der Waals surface area contributed by atoms with Gasteiger partial charge in [0.15, 0.2) is 0 Å². The molecule has 4 atom stereocenters. The Morgan fingerprint density at radius 3 is 2.20 bits per heavy atom. The number of amides is 4. The van der Waals surface area contributed by atoms with Gasteiger partial charge in [-0.3, -0.25) is 14.4 Å². The van der Waals surface area contributed by atoms with Crippen LogP contribution in [0.1, 0.15) is 37.8 Å². The molecule has 1 aliphatic heterocycles. The molecule has 0 bridgehead atoms. The quantitative estimate of drug-likeness (QED) is 0.139. The second-order valence-electron chi connectivity index (χ2n) is 10.5. The molecule has 234 valence electrons. The number of ether oxygens (including phenoxy) is 2. The number of carbonyl (C=O) groups excluding carboxylic acids is 5. The van der Waals surface area contributed by atoms with Crippen LogP contribution < -0.4 is 21.3 Å². The first kappa shape index (κ1) is 33.6. The van der Waals surface area contributed by atoms with Crippen molar-refractivity contribution in [1.29, 1.82) is 0 Å². The molecule has 0 radical (unpaired) electrons. The molecule has 0 aromatic heterocycles. The smallest absolute Gasteiger partial charge is 0.408 e. The molecule has 1 heterocycles. The number of benzene rings is 2. The van der Waals surface area contributed by atoms with Crippen LogP contribution in [0.25, 0.3) is 0 Å². The van der Waals surface area contributed by atoms with Crippen molar-refractivity contribution in [2.24, 2.45) is 5.92 Å². The zero-order chi connectivity index (χ0) is 31.9. The fourth-order valence-corrected chi connectivity index (χ4v) is 4.64. The predicted molar refractivity (Wildman–Crippen MR) is 164 cm³/mol. The Kier molecular flexibility index (Phi) is 13.2. The highest BCUT2D eigenvalue weighted by molar-refractivity contribution is 5.93. The first-order valence-corrected chi connectivity index (χ1v) is 14.6. The van der Waals surface area contributed by atoms with E-state index in [1.54, 1.807) is 26.0 Å². The minimum Gasteiger partial charge on any atom is -0.463 e. The van der Waals surface area contributed by atoms with Gasteiger partial charge < -0.3 is 30.7 Å². The highest BCUT2D eigenvalue weighted by Crippen LogP contribution is 2.17. The van der Waals surface area contributed by atoms with Crippen molar-refractivity contribution < 1.29 is 33.4 Å². The highest BCUT2D eigenvalue weighted by atomic mass is 16.5. The average molecular weight is 605 g/mol. The third-order valence-corrected chi connectivity index (χ3v) is 6.93. The molecule has 1 aliphatic rings. The first-order valence-electron chi connectivity index (χ1n) is 14.6. The fourth-order valence-electron chi connectivity index (χ4n) is 4.64. The molecule has 2 aromatic rings. The van der Waals surface area contributed by atoms with Gasteiger partial charge in [-0.25, -0.2) is 9.59 Å². The summed E-state index contributed by atoms with van der Waals surface area (Å²) in [4.78, 5) is 63.9. The summed E-state index contributed by atoms with van der Waals surface area (Å²) in [6.07, 6.45) is 2.87. The van der Waals surface area contributed by atoms with E-state index in [0.717, 1.165) is 11.1 Å². The van der Waals surface area contributed by atoms with E-state index in [1.807, 2.05) is 48.5 Å². The predicted octanol–water partition coefficient (Wildman–Crippen LogP) is 2.72. The number of alkyl carbamates (subject to hydrolysis) is 1. The Hall–Kier alpha value is -4.93. The molecule has 2 aromatic carbocycles. The van der Waals surface area contributed by atoms with Crippen LogP contribution in [-0.4, -0.2) is 61.1 Å². The summed E-state index contributed by atoms with van der Waals surface area (Å²) in [7, 11) is 0. The highest BCUT2D eigenvalue weighted by Gasteiger charge is 2.31. The lowest BCUT2D eigenvalue weighted by Gasteiger charge is -2.25. The van der Waals surface area contributed by atoms with Crippen LogP contribution in [-0.2, 0) is 41.7 Å². The van der Waals surface area contributed by atoms with Gasteiger partial charge >= 0.3 is 12.1 Å². The van der Waals surface area contributed by atoms with Crippen molar-refractivity contribution in [1.82, 2.24) is 21.3 Å². The van der Waals surface area contributed by atoms with Gasteiger partial charge in [0.25, 0.3) is 0 Å². The molecule has 4 N–H and O–H groups in total. The van der Waals surface area contributed by atoms with Gasteiger partial charge in [0.05, 0.1) is 6.61 Å². The molecule has 1 saturated heterocycles. The van der Waals surface area contributed by atoms with Gasteiger partial charge in [-0.15, -0.1) is 0 Å². The van der Waals surface area contributed by atoms with Gasteiger partial charge in [0.2, 0.25) is 17.7 Å². The lowest BCUT2D eigenvalue weighted by molar-refractivity contribution is -0.137. The molecule has 44 heavy (non-hydrogen) atoms. The van der Waals surface area contributed by atoms with Crippen molar-refractivity contribution in [2.75, 3.05) is 13.2 Å². The van der Waals surface area contributed by atoms with E-state index in [2.05, 4.69) is 27.8 Å². The van der Waals surface area contributed by atoms with E-state index in [1.165, 1.54) is 12.2 Å². The Labute approximate surface area is 257 Å². The number of esters is 1. The summed E-state index contributed by atoms with van der Waals surface area (Å²) >= 11 is 0. The normalized spacial score (nSPS) is 16.2. The topological polar surface area (TPSA) is 152 Å². The molecule has 0 spiro atoms. The van der Waals surface area contributed by atoms with Crippen LogP contribution >= 0.6 is 0 Å². The number of rotatable bonds is 15. The van der Waals surface area contributed by atoms with Crippen molar-refractivity contribution in [3.05, 3.63) is 96.1 Å². The molecule has 0 aliphatic carbocycles. The van der Waals surface area contributed by atoms with E-state index in [-0.39, 0.29) is 37.9 Å². The monoisotopic (exact) mass is 604 g/mol. The maximum absolute atomic E-state index is 13.7. The molecular formula is C33H40N4O7. The molecule has 0 unspecified atom stereocenters. The third kappa shape index (κ3) is 11.0. The van der Waals surface area contributed by atoms with Gasteiger partial charge in [-0.1, -0.05) is 73.3 Å². The van der Waals surface area contributed by atoms with Crippen LogP contribution in [0.5, 0.6) is 0 Å². The van der Waals surface area contributed by atoms with E-state index in [0.29, 0.717) is 18.5 Å². The van der Waals surface area contributed by atoms with Gasteiger partial charge in [-0.05, 0) is 43.4 Å². The SMILES string of the molecule is C=C(C)[C@H](NC(=O)OCc1ccccc1)C(=O)N[C@@H](Cc1ccccc1)C(=O)N[C@H](/C=C/C(=O)OCC)C[C@@H]1CCNC1=O. The number of carbonyl (C=O) groups is 5. The van der Waals surface area contributed by atoms with Crippen LogP contribution in [0, 0.1) is 5.92 Å². The minimum absolute atomic E-state index is 0.00988. The lowest BCUT2D eigenvalue weighted by Crippen LogP contribution is -2.56. The Morgan fingerprint density at radius 2 is 1.61 bits per heavy atom. The minimum atomic E-state index is -1.17. The lowest BCUT2D eigenvalue weighted by atomic mass is 9.97. The van der Waals surface area contributed by atoms with Crippen LogP contribution in [0.4, 0.5) is 4.79 Å². The molecule has 1 fully saturated rings. The first-order chi connectivity index (χ1) is 21.2. The van der Waals surface area contributed by atoms with Gasteiger partial charge in [0.1, 0.15) is 18.7 Å². The summed E-state index contributed by atoms with van der Waals surface area (Å²) < 4.78 is 10.2. The third-order valence-electron chi connectivity index (χ3n) is 6.93. The summed E-state index contributed by atoms with van der Waals surface area (Å²) in [6, 6.07) is 15.3. The molecule has 11 nitrogen and oxygen atoms in total. The van der Waals surface area contributed by atoms with Crippen LogP contribution in [0.15, 0.2) is 85.0 Å². The van der Waals surface area contributed by atoms with Crippen molar-refractivity contribution in [3.8, 4) is 0 Å². The van der Waals surface area contributed by atoms with E-state index in [9.17, 15) is 24.0 Å². The zero-order valence-electron chi connectivity index (χ0n) is 25.0. The number of nitrogens with one attached hydrogen (secondary N) is 4. The molecular weight excluding hydrogens is 564 g/mol. The van der Waals surface area contributed by atoms with E-state index in [4.69, 9.17) is 9.47 Å². The van der Waals surface area contributed by atoms with E-state index >= 15 is 0 Å². The second-order valence-corrected chi connectivity index (χ2v) is 10.5. The Balaban J connectivity index is 1.75. The average Bonchev–Trinajstić information content (AvgIpc) is 3.41. The molecule has 11 heteroatoms. The largest absolute Gasteiger partial charge is 0.463 e. The Bertz CT molecular complexity index is 1330. The van der Waals surface area contributed by atoms with Gasteiger partial charge in [0, 0.05) is 31.0 Å². The van der Waals surface area contributed by atoms with Gasteiger partial charge in [-0.2, -0.15) is 0 Å². The van der Waals surface area contributed by atoms with Crippen molar-refractivity contribution in [2.45, 2.75) is 57.8 Å². The second kappa shape index (κ2) is 17.3. The Morgan fingerprint density at radius 1 is 0.955 bits per heavy atom. The van der Waals surface area contributed by atoms with Crippen LogP contribution in [0.2, 0.25) is 0 Å². The maximum Gasteiger partial charge on any atom is 0.408 e. The summed E-state index contributed by atoms with van der Waals surface area (Å²) in [5, 5.41) is 10.9. The molecule has 0 saturated carbocycles. The molecule has 3 rings (SSSR count). The van der Waals surface area contributed by atoms with Crippen LogP contribution in [0.3, 0.4) is 0 Å². The van der Waals surface area contributed by atoms with E-state index < -0.39 is 42.0 Å². The number of hydrogen-bond donors (Lipinski definition) is 4. The summed E-state index contributed by atoms with van der Waals surface area (Å²) in [5.41, 5.74) is 1.89. The summed E-state index contributed by atoms with van der Waals surface area (Å²) in [5.74, 6) is -2.25. The zero-order valence-corrected chi connectivity index (χ0v) is 25.0.